The van der Waals surface area contributed by atoms with Crippen LogP contribution in [0.15, 0.2) is 60.8 Å². The summed E-state index contributed by atoms with van der Waals surface area (Å²) in [7, 11) is 0. The van der Waals surface area contributed by atoms with Crippen LogP contribution in [0.25, 0.3) is 10.9 Å². The number of para-hydroxylation sites is 1. The number of carbonyl (C=O) groups excluding carboxylic acids is 1. The van der Waals surface area contributed by atoms with E-state index in [0.717, 1.165) is 42.5 Å². The van der Waals surface area contributed by atoms with Crippen molar-refractivity contribution < 1.29 is 9.53 Å². The van der Waals surface area contributed by atoms with Gasteiger partial charge in [-0.05, 0) is 31.1 Å². The van der Waals surface area contributed by atoms with Crippen molar-refractivity contribution in [2.45, 2.75) is 31.5 Å². The van der Waals surface area contributed by atoms with Gasteiger partial charge in [-0.25, -0.2) is 4.68 Å². The number of pyridine rings is 1. The molecule has 8 nitrogen and oxygen atoms in total. The first-order chi connectivity index (χ1) is 14.7. The summed E-state index contributed by atoms with van der Waals surface area (Å²) in [6.45, 7) is 1.68. The topological polar surface area (TPSA) is 98.3 Å². The number of piperidine rings is 1. The summed E-state index contributed by atoms with van der Waals surface area (Å²) in [6.07, 6.45) is 9.31. The predicted octanol–water partition coefficient (Wildman–Crippen LogP) is 2.80. The molecule has 1 unspecified atom stereocenters. The van der Waals surface area contributed by atoms with Crippen molar-refractivity contribution in [1.82, 2.24) is 14.8 Å². The Balaban J connectivity index is 1.30. The Morgan fingerprint density at radius 1 is 1.23 bits per heavy atom. The number of nitrogens with zero attached hydrogens (tertiary/aromatic N) is 4. The van der Waals surface area contributed by atoms with Crippen LogP contribution in [0.2, 0.25) is 0 Å². The van der Waals surface area contributed by atoms with Gasteiger partial charge in [-0.15, -0.1) is 0 Å². The van der Waals surface area contributed by atoms with Gasteiger partial charge in [0.05, 0.1) is 29.3 Å². The van der Waals surface area contributed by atoms with Crippen molar-refractivity contribution in [3.05, 3.63) is 60.8 Å². The lowest BCUT2D eigenvalue weighted by Gasteiger charge is -2.33. The number of amides is 1. The third-order valence-electron chi connectivity index (χ3n) is 5.61. The van der Waals surface area contributed by atoms with Crippen LogP contribution in [0.1, 0.15) is 25.5 Å². The first kappa shape index (κ1) is 18.6. The summed E-state index contributed by atoms with van der Waals surface area (Å²) in [4.78, 5) is 19.3. The minimum absolute atomic E-state index is 0.140. The molecule has 0 radical (unpaired) electrons. The van der Waals surface area contributed by atoms with Crippen molar-refractivity contribution >= 4 is 28.2 Å². The highest BCUT2D eigenvalue weighted by molar-refractivity contribution is 6.04. The zero-order valence-electron chi connectivity index (χ0n) is 16.6. The van der Waals surface area contributed by atoms with E-state index in [-0.39, 0.29) is 18.2 Å². The normalized spacial score (nSPS) is 21.4. The highest BCUT2D eigenvalue weighted by Crippen LogP contribution is 2.31. The summed E-state index contributed by atoms with van der Waals surface area (Å²) < 4.78 is 7.76. The van der Waals surface area contributed by atoms with E-state index in [9.17, 15) is 4.79 Å². The van der Waals surface area contributed by atoms with Gasteiger partial charge in [0.1, 0.15) is 0 Å². The molecule has 2 atom stereocenters. The van der Waals surface area contributed by atoms with Crippen molar-refractivity contribution in [3.63, 3.8) is 0 Å². The van der Waals surface area contributed by atoms with E-state index in [1.807, 2.05) is 47.3 Å². The third-order valence-corrected chi connectivity index (χ3v) is 5.61. The fourth-order valence-corrected chi connectivity index (χ4v) is 4.14. The molecule has 2 aliphatic heterocycles. The van der Waals surface area contributed by atoms with E-state index in [1.165, 1.54) is 0 Å². The molecule has 1 aromatic carbocycles. The molecule has 4 heterocycles. The monoisotopic (exact) mass is 404 g/mol. The minimum Gasteiger partial charge on any atom is -0.463 e. The van der Waals surface area contributed by atoms with E-state index in [0.29, 0.717) is 17.9 Å². The van der Waals surface area contributed by atoms with Gasteiger partial charge in [-0.1, -0.05) is 18.2 Å². The fourth-order valence-electron chi connectivity index (χ4n) is 4.14. The van der Waals surface area contributed by atoms with Gasteiger partial charge in [0.15, 0.2) is 12.0 Å². The van der Waals surface area contributed by atoms with Crippen LogP contribution >= 0.6 is 0 Å². The van der Waals surface area contributed by atoms with Gasteiger partial charge in [0.25, 0.3) is 5.91 Å². The largest absolute Gasteiger partial charge is 0.463 e. The molecule has 3 aromatic rings. The summed E-state index contributed by atoms with van der Waals surface area (Å²) in [5.74, 6) is 0.00856. The average Bonchev–Trinajstić information content (AvgIpc) is 3.41. The number of rotatable bonds is 4. The molecular weight excluding hydrogens is 380 g/mol. The molecule has 1 fully saturated rings. The lowest BCUT2D eigenvalue weighted by molar-refractivity contribution is -0.117. The molecule has 5 rings (SSSR count). The maximum atomic E-state index is 12.9. The number of hydrogen-bond acceptors (Lipinski definition) is 6. The van der Waals surface area contributed by atoms with Gasteiger partial charge in [0.2, 0.25) is 0 Å². The summed E-state index contributed by atoms with van der Waals surface area (Å²) >= 11 is 0. The van der Waals surface area contributed by atoms with E-state index >= 15 is 0 Å². The summed E-state index contributed by atoms with van der Waals surface area (Å²) in [6, 6.07) is 9.99. The fraction of sp³-hybridized carbons (Fsp3) is 0.318. The molecule has 0 bridgehead atoms. The molecule has 0 spiro atoms. The SMILES string of the molecule is N[C@H]1CCCN(c2ccncc2NC(=O)C2=CCC(n3ncc4ccccc43)O2)C1. The Bertz CT molecular complexity index is 1110. The highest BCUT2D eigenvalue weighted by Gasteiger charge is 2.27. The van der Waals surface area contributed by atoms with E-state index in [2.05, 4.69) is 20.3 Å². The molecule has 30 heavy (non-hydrogen) atoms. The molecule has 1 amide bonds. The molecule has 154 valence electrons. The predicted molar refractivity (Wildman–Crippen MR) is 115 cm³/mol. The third kappa shape index (κ3) is 3.50. The Morgan fingerprint density at radius 2 is 2.13 bits per heavy atom. The smallest absolute Gasteiger partial charge is 0.290 e. The number of aromatic nitrogens is 3. The zero-order chi connectivity index (χ0) is 20.5. The van der Waals surface area contributed by atoms with Crippen molar-refractivity contribution in [2.24, 2.45) is 5.73 Å². The molecule has 8 heteroatoms. The van der Waals surface area contributed by atoms with Crippen LogP contribution in [-0.2, 0) is 9.53 Å². The molecule has 2 aromatic heterocycles. The molecular formula is C22H24N6O2. The summed E-state index contributed by atoms with van der Waals surface area (Å²) in [5, 5.41) is 8.44. The number of benzene rings is 1. The van der Waals surface area contributed by atoms with Crippen molar-refractivity contribution in [2.75, 3.05) is 23.3 Å². The van der Waals surface area contributed by atoms with Crippen LogP contribution in [0, 0.1) is 0 Å². The van der Waals surface area contributed by atoms with Crippen molar-refractivity contribution in [3.8, 4) is 0 Å². The maximum Gasteiger partial charge on any atom is 0.290 e. The quantitative estimate of drug-likeness (QED) is 0.694. The summed E-state index contributed by atoms with van der Waals surface area (Å²) in [5.41, 5.74) is 8.71. The number of anilines is 2. The number of nitrogens with two attached hydrogens (primary N) is 1. The number of carbonyl (C=O) groups is 1. The Labute approximate surface area is 174 Å². The van der Waals surface area contributed by atoms with Gasteiger partial charge >= 0.3 is 0 Å². The first-order valence-electron chi connectivity index (χ1n) is 10.2. The van der Waals surface area contributed by atoms with Crippen LogP contribution in [0.3, 0.4) is 0 Å². The van der Waals surface area contributed by atoms with Crippen LogP contribution < -0.4 is 16.0 Å². The van der Waals surface area contributed by atoms with Crippen LogP contribution in [0.5, 0.6) is 0 Å². The lowest BCUT2D eigenvalue weighted by atomic mass is 10.1. The van der Waals surface area contributed by atoms with Crippen LogP contribution in [-0.4, -0.2) is 39.8 Å². The second kappa shape index (κ2) is 7.79. The first-order valence-corrected chi connectivity index (χ1v) is 10.2. The minimum atomic E-state index is -0.334. The average molecular weight is 404 g/mol. The van der Waals surface area contributed by atoms with E-state index in [4.69, 9.17) is 10.5 Å². The van der Waals surface area contributed by atoms with Gasteiger partial charge in [0, 0.05) is 37.1 Å². The van der Waals surface area contributed by atoms with Gasteiger partial charge in [-0.3, -0.25) is 9.78 Å². The molecule has 2 aliphatic rings. The Kier molecular flexibility index (Phi) is 4.84. The molecule has 1 saturated heterocycles. The van der Waals surface area contributed by atoms with Gasteiger partial charge in [-0.2, -0.15) is 5.10 Å². The molecule has 0 aliphatic carbocycles. The lowest BCUT2D eigenvalue weighted by Crippen LogP contribution is -2.43. The number of nitrogens with one attached hydrogen (secondary N) is 1. The zero-order valence-corrected chi connectivity index (χ0v) is 16.6. The Morgan fingerprint density at radius 3 is 3.03 bits per heavy atom. The van der Waals surface area contributed by atoms with Crippen molar-refractivity contribution in [1.29, 1.82) is 0 Å². The van der Waals surface area contributed by atoms with Gasteiger partial charge < -0.3 is 20.7 Å². The number of hydrogen-bond donors (Lipinski definition) is 2. The standard InChI is InChI=1S/C22H24N6O2/c23-16-5-3-11-27(14-16)19-9-10-24-13-17(19)26-22(29)20-7-8-21(30-20)28-18-6-2-1-4-15(18)12-25-28/h1-2,4,6-7,9-10,12-13,16,21H,3,5,8,11,14,23H2,(H,26,29)/t16-,21?/m0/s1. The molecule has 3 N–H and O–H groups in total. The van der Waals surface area contributed by atoms with Crippen LogP contribution in [0.4, 0.5) is 11.4 Å². The van der Waals surface area contributed by atoms with E-state index in [1.54, 1.807) is 12.4 Å². The number of ether oxygens (including phenoxy) is 1. The Hall–Kier alpha value is -3.39. The second-order valence-corrected chi connectivity index (χ2v) is 7.72. The maximum absolute atomic E-state index is 12.9. The second-order valence-electron chi connectivity index (χ2n) is 7.72. The van der Waals surface area contributed by atoms with E-state index < -0.39 is 0 Å². The number of fused-ring (bicyclic) bond motifs is 1. The highest BCUT2D eigenvalue weighted by atomic mass is 16.5. The molecule has 0 saturated carbocycles.